The number of hydrogen-bond donors (Lipinski definition) is 1. The van der Waals surface area contributed by atoms with Gasteiger partial charge in [0.25, 0.3) is 0 Å². The van der Waals surface area contributed by atoms with Gasteiger partial charge in [-0.25, -0.2) is 0 Å². The van der Waals surface area contributed by atoms with E-state index in [2.05, 4.69) is 23.6 Å². The van der Waals surface area contributed by atoms with Gasteiger partial charge in [0.15, 0.2) is 0 Å². The molecular weight excluding hydrogens is 351 g/mol. The fourth-order valence-electron chi connectivity index (χ4n) is 2.49. The standard InChI is InChI=1S/C18H35O3P.Fe/c1-2-3-4-5-6-7-8-9-10-11-12-13-14-15-16-17-18-21-22(19)20;/h9-10H,2-8,11-18H2,1H3;/p+1/b10-9-;. The molecule has 1 N–H and O–H groups in total. The van der Waals surface area contributed by atoms with Crippen LogP contribution in [0.2, 0.25) is 0 Å². The van der Waals surface area contributed by atoms with Gasteiger partial charge in [-0.05, 0) is 32.1 Å². The third-order valence-electron chi connectivity index (χ3n) is 3.86. The summed E-state index contributed by atoms with van der Waals surface area (Å²) in [6.45, 7) is 2.67. The molecular formula is C18H36FeO3P+. The summed E-state index contributed by atoms with van der Waals surface area (Å²) in [5.74, 6) is 0. The summed E-state index contributed by atoms with van der Waals surface area (Å²) in [6, 6.07) is 0. The van der Waals surface area contributed by atoms with Gasteiger partial charge < -0.3 is 0 Å². The van der Waals surface area contributed by atoms with Crippen LogP contribution in [-0.2, 0) is 26.2 Å². The van der Waals surface area contributed by atoms with Crippen LogP contribution in [0.5, 0.6) is 0 Å². The van der Waals surface area contributed by atoms with Crippen molar-refractivity contribution in [3.63, 3.8) is 0 Å². The Morgan fingerprint density at radius 1 is 0.783 bits per heavy atom. The topological polar surface area (TPSA) is 46.5 Å². The first kappa shape index (κ1) is 25.5. The van der Waals surface area contributed by atoms with Crippen LogP contribution in [0.25, 0.3) is 0 Å². The predicted octanol–water partition coefficient (Wildman–Crippen LogP) is 6.69. The zero-order valence-electron chi connectivity index (χ0n) is 14.8. The first-order valence-corrected chi connectivity index (χ1v) is 10.3. The second kappa shape index (κ2) is 22.3. The van der Waals surface area contributed by atoms with Crippen molar-refractivity contribution in [1.29, 1.82) is 0 Å². The molecule has 0 heterocycles. The number of rotatable bonds is 17. The van der Waals surface area contributed by atoms with Gasteiger partial charge in [-0.1, -0.05) is 76.9 Å². The molecule has 0 rings (SSSR count). The normalized spacial score (nSPS) is 11.7. The molecule has 0 saturated heterocycles. The van der Waals surface area contributed by atoms with Crippen molar-refractivity contribution in [2.45, 2.75) is 96.8 Å². The number of unbranched alkanes of at least 4 members (excludes halogenated alkanes) is 12. The van der Waals surface area contributed by atoms with Gasteiger partial charge >= 0.3 is 8.25 Å². The van der Waals surface area contributed by atoms with Crippen molar-refractivity contribution in [2.75, 3.05) is 6.61 Å². The Bertz CT molecular complexity index is 273. The molecule has 23 heavy (non-hydrogen) atoms. The first-order valence-electron chi connectivity index (χ1n) is 9.21. The van der Waals surface area contributed by atoms with Gasteiger partial charge in [-0.15, -0.1) is 9.42 Å². The van der Waals surface area contributed by atoms with E-state index in [1.54, 1.807) is 0 Å². The zero-order valence-corrected chi connectivity index (χ0v) is 16.8. The molecule has 0 bridgehead atoms. The van der Waals surface area contributed by atoms with Crippen LogP contribution in [0.1, 0.15) is 96.8 Å². The molecule has 1 unspecified atom stereocenters. The Hall–Kier alpha value is 0.279. The van der Waals surface area contributed by atoms with Crippen molar-refractivity contribution >= 4 is 8.25 Å². The largest absolute Gasteiger partial charge is 0.694 e. The molecule has 0 aromatic heterocycles. The molecule has 0 aliphatic rings. The minimum Gasteiger partial charge on any atom is -0.133 e. The van der Waals surface area contributed by atoms with Crippen molar-refractivity contribution in [3.8, 4) is 0 Å². The van der Waals surface area contributed by atoms with Gasteiger partial charge in [0.2, 0.25) is 0 Å². The summed E-state index contributed by atoms with van der Waals surface area (Å²) in [7, 11) is -2.40. The molecule has 0 aliphatic heterocycles. The third kappa shape index (κ3) is 24.7. The Labute approximate surface area is 155 Å². The summed E-state index contributed by atoms with van der Waals surface area (Å²) < 4.78 is 14.9. The quantitative estimate of drug-likeness (QED) is 0.131. The molecule has 0 aliphatic carbocycles. The average Bonchev–Trinajstić information content (AvgIpc) is 2.50. The molecule has 0 fully saturated rings. The Balaban J connectivity index is 0. The summed E-state index contributed by atoms with van der Waals surface area (Å²) in [6.07, 6.45) is 22.4. The maximum absolute atomic E-state index is 10.3. The van der Waals surface area contributed by atoms with E-state index >= 15 is 0 Å². The average molecular weight is 387 g/mol. The van der Waals surface area contributed by atoms with Crippen LogP contribution >= 0.6 is 8.25 Å². The van der Waals surface area contributed by atoms with Crippen LogP contribution in [-0.4, -0.2) is 11.5 Å². The maximum atomic E-state index is 10.3. The Morgan fingerprint density at radius 3 is 1.70 bits per heavy atom. The van der Waals surface area contributed by atoms with Crippen molar-refractivity contribution in [2.24, 2.45) is 0 Å². The summed E-state index contributed by atoms with van der Waals surface area (Å²) >= 11 is 0. The molecule has 0 aromatic rings. The van der Waals surface area contributed by atoms with E-state index in [9.17, 15) is 4.57 Å². The van der Waals surface area contributed by atoms with Crippen LogP contribution < -0.4 is 0 Å². The smallest absolute Gasteiger partial charge is 0.133 e. The fraction of sp³-hybridized carbons (Fsp3) is 0.889. The second-order valence-corrected chi connectivity index (χ2v) is 6.74. The molecule has 1 atom stereocenters. The van der Waals surface area contributed by atoms with Crippen LogP contribution in [0, 0.1) is 0 Å². The van der Waals surface area contributed by atoms with Gasteiger partial charge in [-0.3, -0.25) is 0 Å². The predicted molar refractivity (Wildman–Crippen MR) is 95.2 cm³/mol. The van der Waals surface area contributed by atoms with Crippen LogP contribution in [0.15, 0.2) is 12.2 Å². The Morgan fingerprint density at radius 2 is 1.22 bits per heavy atom. The molecule has 0 spiro atoms. The van der Waals surface area contributed by atoms with Crippen molar-refractivity contribution < 1.29 is 31.1 Å². The fourth-order valence-corrected chi connectivity index (χ4v) is 2.78. The van der Waals surface area contributed by atoms with Crippen molar-refractivity contribution in [3.05, 3.63) is 12.2 Å². The molecule has 0 saturated carbocycles. The monoisotopic (exact) mass is 387 g/mol. The summed E-state index contributed by atoms with van der Waals surface area (Å²) in [4.78, 5) is 8.46. The SMILES string of the molecule is CCCCCCCC/C=C\CCCCCCCCO[P+](=O)O.[Fe]. The van der Waals surface area contributed by atoms with Gasteiger partial charge in [0.1, 0.15) is 6.61 Å². The van der Waals surface area contributed by atoms with Crippen LogP contribution in [0.3, 0.4) is 0 Å². The van der Waals surface area contributed by atoms with E-state index in [1.807, 2.05) is 0 Å². The van der Waals surface area contributed by atoms with Gasteiger partial charge in [0.05, 0.1) is 0 Å². The van der Waals surface area contributed by atoms with E-state index in [0.717, 1.165) is 12.8 Å². The summed E-state index contributed by atoms with van der Waals surface area (Å²) in [5.41, 5.74) is 0. The molecule has 0 radical (unpaired) electrons. The minimum absolute atomic E-state index is 0. The molecule has 3 nitrogen and oxygen atoms in total. The van der Waals surface area contributed by atoms with Gasteiger partial charge in [0, 0.05) is 21.6 Å². The minimum atomic E-state index is -2.40. The van der Waals surface area contributed by atoms with E-state index in [4.69, 9.17) is 4.89 Å². The van der Waals surface area contributed by atoms with Crippen molar-refractivity contribution in [1.82, 2.24) is 0 Å². The van der Waals surface area contributed by atoms with E-state index in [1.165, 1.54) is 77.0 Å². The molecule has 138 valence electrons. The Kier molecular flexibility index (Phi) is 24.7. The van der Waals surface area contributed by atoms with E-state index < -0.39 is 8.25 Å². The van der Waals surface area contributed by atoms with Crippen LogP contribution in [0.4, 0.5) is 0 Å². The number of hydrogen-bond acceptors (Lipinski definition) is 2. The second-order valence-electron chi connectivity index (χ2n) is 6.01. The van der Waals surface area contributed by atoms with E-state index in [-0.39, 0.29) is 17.1 Å². The molecule has 5 heteroatoms. The molecule has 0 aromatic carbocycles. The first-order chi connectivity index (χ1) is 10.8. The zero-order chi connectivity index (χ0) is 16.3. The number of allylic oxidation sites excluding steroid dienone is 2. The van der Waals surface area contributed by atoms with E-state index in [0.29, 0.717) is 6.61 Å². The molecule has 0 amide bonds. The third-order valence-corrected chi connectivity index (χ3v) is 4.26. The van der Waals surface area contributed by atoms with Gasteiger partial charge in [-0.2, -0.15) is 0 Å². The maximum Gasteiger partial charge on any atom is 0.694 e. The summed E-state index contributed by atoms with van der Waals surface area (Å²) in [5, 5.41) is 0.